The standard InChI is InChI=1S/C5H2Cl2FNO2S/c6-3-1-9-2-4(7)5(3)12(8,10)11/h1-2H. The molecule has 0 aliphatic rings. The number of rotatable bonds is 1. The van der Waals surface area contributed by atoms with Crippen molar-refractivity contribution in [3.05, 3.63) is 22.4 Å². The predicted molar refractivity (Wildman–Crippen MR) is 42.6 cm³/mol. The molecule has 0 fully saturated rings. The van der Waals surface area contributed by atoms with E-state index in [9.17, 15) is 12.3 Å². The van der Waals surface area contributed by atoms with Crippen LogP contribution in [0, 0.1) is 0 Å². The van der Waals surface area contributed by atoms with Crippen molar-refractivity contribution in [1.29, 1.82) is 0 Å². The summed E-state index contributed by atoms with van der Waals surface area (Å²) in [6.45, 7) is 0. The van der Waals surface area contributed by atoms with Crippen molar-refractivity contribution >= 4 is 33.4 Å². The molecule has 0 amide bonds. The van der Waals surface area contributed by atoms with Crippen LogP contribution >= 0.6 is 23.2 Å². The van der Waals surface area contributed by atoms with Gasteiger partial charge in [-0.2, -0.15) is 8.42 Å². The van der Waals surface area contributed by atoms with Crippen LogP contribution in [0.5, 0.6) is 0 Å². The van der Waals surface area contributed by atoms with Crippen LogP contribution in [-0.4, -0.2) is 13.4 Å². The Balaban J connectivity index is 3.53. The molecule has 1 aromatic heterocycles. The van der Waals surface area contributed by atoms with E-state index in [1.165, 1.54) is 0 Å². The maximum atomic E-state index is 12.4. The zero-order valence-corrected chi connectivity index (χ0v) is 7.79. The summed E-state index contributed by atoms with van der Waals surface area (Å²) in [5.41, 5.74) is 0. The van der Waals surface area contributed by atoms with Crippen LogP contribution in [0.25, 0.3) is 0 Å². The van der Waals surface area contributed by atoms with Crippen LogP contribution < -0.4 is 0 Å². The largest absolute Gasteiger partial charge is 0.335 e. The lowest BCUT2D eigenvalue weighted by molar-refractivity contribution is 0.552. The lowest BCUT2D eigenvalue weighted by atomic mass is 10.5. The third-order valence-electron chi connectivity index (χ3n) is 1.05. The molecule has 1 rings (SSSR count). The Kier molecular flexibility index (Phi) is 2.55. The zero-order valence-electron chi connectivity index (χ0n) is 5.46. The van der Waals surface area contributed by atoms with Gasteiger partial charge in [-0.3, -0.25) is 4.98 Å². The number of aromatic nitrogens is 1. The number of halogens is 3. The molecular formula is C5H2Cl2FNO2S. The number of hydrogen-bond donors (Lipinski definition) is 0. The summed E-state index contributed by atoms with van der Waals surface area (Å²) in [6, 6.07) is 0. The van der Waals surface area contributed by atoms with Crippen molar-refractivity contribution in [2.24, 2.45) is 0 Å². The molecule has 0 N–H and O–H groups in total. The molecule has 0 aliphatic carbocycles. The summed E-state index contributed by atoms with van der Waals surface area (Å²) in [6.07, 6.45) is 2.00. The van der Waals surface area contributed by atoms with Gasteiger partial charge in [-0.15, -0.1) is 3.89 Å². The maximum absolute atomic E-state index is 12.4. The highest BCUT2D eigenvalue weighted by atomic mass is 35.5. The van der Waals surface area contributed by atoms with Gasteiger partial charge in [0, 0.05) is 12.4 Å². The minimum Gasteiger partial charge on any atom is -0.262 e. The highest BCUT2D eigenvalue weighted by Gasteiger charge is 2.20. The average Bonchev–Trinajstić information content (AvgIpc) is 1.82. The highest BCUT2D eigenvalue weighted by molar-refractivity contribution is 7.86. The normalized spacial score (nSPS) is 11.6. The highest BCUT2D eigenvalue weighted by Crippen LogP contribution is 2.28. The van der Waals surface area contributed by atoms with Crippen molar-refractivity contribution in [1.82, 2.24) is 4.98 Å². The maximum Gasteiger partial charge on any atom is 0.335 e. The average molecular weight is 230 g/mol. The zero-order chi connectivity index (χ0) is 9.35. The van der Waals surface area contributed by atoms with Crippen LogP contribution in [0.15, 0.2) is 17.3 Å². The molecular weight excluding hydrogens is 228 g/mol. The smallest absolute Gasteiger partial charge is 0.262 e. The topological polar surface area (TPSA) is 47.0 Å². The van der Waals surface area contributed by atoms with Gasteiger partial charge in [0.25, 0.3) is 0 Å². The molecule has 0 saturated heterocycles. The molecule has 12 heavy (non-hydrogen) atoms. The fraction of sp³-hybridized carbons (Fsp3) is 0. The summed E-state index contributed by atoms with van der Waals surface area (Å²) in [5, 5.41) is -0.657. The van der Waals surface area contributed by atoms with Crippen LogP contribution in [0.3, 0.4) is 0 Å². The van der Waals surface area contributed by atoms with Crippen LogP contribution in [0.4, 0.5) is 3.89 Å². The van der Waals surface area contributed by atoms with Crippen molar-refractivity contribution in [2.45, 2.75) is 4.90 Å². The summed E-state index contributed by atoms with van der Waals surface area (Å²) in [7, 11) is -4.87. The summed E-state index contributed by atoms with van der Waals surface area (Å²) < 4.78 is 33.2. The first-order chi connectivity index (χ1) is 5.43. The molecule has 1 heterocycles. The fourth-order valence-electron chi connectivity index (χ4n) is 0.632. The monoisotopic (exact) mass is 229 g/mol. The molecule has 0 spiro atoms. The number of hydrogen-bond acceptors (Lipinski definition) is 3. The molecule has 0 bridgehead atoms. The molecule has 66 valence electrons. The first kappa shape index (κ1) is 9.70. The van der Waals surface area contributed by atoms with Crippen LogP contribution in [0.2, 0.25) is 10.0 Å². The molecule has 0 aliphatic heterocycles. The predicted octanol–water partition coefficient (Wildman–Crippen LogP) is 2.05. The number of nitrogens with zero attached hydrogens (tertiary/aromatic N) is 1. The quantitative estimate of drug-likeness (QED) is 0.693. The Morgan fingerprint density at radius 1 is 1.25 bits per heavy atom. The van der Waals surface area contributed by atoms with Gasteiger partial charge in [-0.1, -0.05) is 23.2 Å². The van der Waals surface area contributed by atoms with E-state index in [4.69, 9.17) is 23.2 Å². The van der Waals surface area contributed by atoms with Gasteiger partial charge in [-0.05, 0) is 0 Å². The van der Waals surface area contributed by atoms with Gasteiger partial charge in [0.15, 0.2) is 0 Å². The third kappa shape index (κ3) is 1.85. The second kappa shape index (κ2) is 3.16. The summed E-state index contributed by atoms with van der Waals surface area (Å²) >= 11 is 10.7. The molecule has 3 nitrogen and oxygen atoms in total. The Morgan fingerprint density at radius 2 is 1.67 bits per heavy atom. The SMILES string of the molecule is O=S(=O)(F)c1c(Cl)cncc1Cl. The third-order valence-corrected chi connectivity index (χ3v) is 2.78. The molecule has 0 aromatic carbocycles. The molecule has 0 saturated carbocycles. The van der Waals surface area contributed by atoms with E-state index in [1.54, 1.807) is 0 Å². The Hall–Kier alpha value is -0.390. The van der Waals surface area contributed by atoms with Crippen LogP contribution in [-0.2, 0) is 10.2 Å². The molecule has 1 aromatic rings. The second-order valence-electron chi connectivity index (χ2n) is 1.87. The van der Waals surface area contributed by atoms with Crippen LogP contribution in [0.1, 0.15) is 0 Å². The Bertz CT molecular complexity index is 386. The summed E-state index contributed by atoms with van der Waals surface area (Å²) in [4.78, 5) is 2.73. The number of pyridine rings is 1. The van der Waals surface area contributed by atoms with Gasteiger partial charge in [0.05, 0.1) is 10.0 Å². The first-order valence-electron chi connectivity index (χ1n) is 2.66. The molecule has 0 radical (unpaired) electrons. The van der Waals surface area contributed by atoms with Gasteiger partial charge in [-0.25, -0.2) is 0 Å². The molecule has 0 unspecified atom stereocenters. The minimum atomic E-state index is -4.87. The van der Waals surface area contributed by atoms with E-state index in [1.807, 2.05) is 0 Å². The van der Waals surface area contributed by atoms with E-state index >= 15 is 0 Å². The first-order valence-corrected chi connectivity index (χ1v) is 4.80. The van der Waals surface area contributed by atoms with Gasteiger partial charge in [0.1, 0.15) is 4.90 Å². The van der Waals surface area contributed by atoms with E-state index in [0.717, 1.165) is 12.4 Å². The minimum absolute atomic E-state index is 0.329. The lowest BCUT2D eigenvalue weighted by Crippen LogP contribution is -1.95. The van der Waals surface area contributed by atoms with Crippen molar-refractivity contribution in [3.63, 3.8) is 0 Å². The molecule has 7 heteroatoms. The van der Waals surface area contributed by atoms with Crippen molar-refractivity contribution in [3.8, 4) is 0 Å². The Morgan fingerprint density at radius 3 is 1.92 bits per heavy atom. The van der Waals surface area contributed by atoms with Crippen molar-refractivity contribution < 1.29 is 12.3 Å². The van der Waals surface area contributed by atoms with Gasteiger partial charge in [0.2, 0.25) is 0 Å². The lowest BCUT2D eigenvalue weighted by Gasteiger charge is -1.98. The van der Waals surface area contributed by atoms with Gasteiger partial charge < -0.3 is 0 Å². The van der Waals surface area contributed by atoms with E-state index in [-0.39, 0.29) is 10.0 Å². The Labute approximate surface area is 78.3 Å². The fourth-order valence-corrected chi connectivity index (χ4v) is 2.12. The van der Waals surface area contributed by atoms with E-state index < -0.39 is 15.1 Å². The summed E-state index contributed by atoms with van der Waals surface area (Å²) in [5.74, 6) is 0. The van der Waals surface area contributed by atoms with Crippen molar-refractivity contribution in [2.75, 3.05) is 0 Å². The van der Waals surface area contributed by atoms with E-state index in [0.29, 0.717) is 0 Å². The second-order valence-corrected chi connectivity index (χ2v) is 3.97. The van der Waals surface area contributed by atoms with Gasteiger partial charge >= 0.3 is 10.2 Å². The van der Waals surface area contributed by atoms with E-state index in [2.05, 4.69) is 4.98 Å². The molecule has 0 atom stereocenters.